The molecule has 0 saturated heterocycles. The van der Waals surface area contributed by atoms with Crippen LogP contribution in [0.15, 0.2) is 24.3 Å². The van der Waals surface area contributed by atoms with E-state index in [1.807, 2.05) is 12.1 Å². The highest BCUT2D eigenvalue weighted by atomic mass is 16.2. The molecule has 1 atom stereocenters. The molecule has 1 aliphatic rings. The molecule has 3 N–H and O–H groups in total. The molecule has 1 fully saturated rings. The van der Waals surface area contributed by atoms with Crippen LogP contribution in [0.1, 0.15) is 75.7 Å². The predicted molar refractivity (Wildman–Crippen MR) is 115 cm³/mol. The van der Waals surface area contributed by atoms with Gasteiger partial charge >= 0.3 is 0 Å². The number of nitrogens with one attached hydrogen (secondary N) is 3. The molecule has 1 aromatic rings. The topological polar surface area (TPSA) is 87.3 Å². The zero-order chi connectivity index (χ0) is 21.4. The van der Waals surface area contributed by atoms with E-state index in [4.69, 9.17) is 0 Å². The first-order chi connectivity index (χ1) is 13.7. The van der Waals surface area contributed by atoms with E-state index in [2.05, 4.69) is 36.7 Å². The van der Waals surface area contributed by atoms with E-state index in [0.29, 0.717) is 18.7 Å². The van der Waals surface area contributed by atoms with Crippen molar-refractivity contribution < 1.29 is 14.4 Å². The predicted octanol–water partition coefficient (Wildman–Crippen LogP) is 2.92. The molecule has 160 valence electrons. The third kappa shape index (κ3) is 7.18. The maximum absolute atomic E-state index is 12.4. The normalized spacial score (nSPS) is 16.0. The summed E-state index contributed by atoms with van der Waals surface area (Å²) in [4.78, 5) is 36.7. The number of carbonyl (C=O) groups excluding carboxylic acids is 3. The average Bonchev–Trinajstić information content (AvgIpc) is 2.70. The van der Waals surface area contributed by atoms with Gasteiger partial charge in [-0.05, 0) is 42.9 Å². The molecule has 0 radical (unpaired) electrons. The highest BCUT2D eigenvalue weighted by Gasteiger charge is 2.21. The molecule has 1 unspecified atom stereocenters. The van der Waals surface area contributed by atoms with Crippen molar-refractivity contribution in [1.29, 1.82) is 0 Å². The first-order valence-corrected chi connectivity index (χ1v) is 10.7. The number of benzene rings is 1. The minimum absolute atomic E-state index is 0.0224. The van der Waals surface area contributed by atoms with Crippen molar-refractivity contribution >= 4 is 17.7 Å². The second kappa shape index (κ2) is 10.4. The van der Waals surface area contributed by atoms with Crippen LogP contribution in [0.5, 0.6) is 0 Å². The van der Waals surface area contributed by atoms with Gasteiger partial charge in [-0.3, -0.25) is 14.4 Å². The van der Waals surface area contributed by atoms with Crippen molar-refractivity contribution in [2.45, 2.75) is 71.3 Å². The Bertz CT molecular complexity index is 701. The molecule has 1 aromatic carbocycles. The first kappa shape index (κ1) is 22.9. The Kier molecular flexibility index (Phi) is 8.23. The Morgan fingerprint density at radius 2 is 1.55 bits per heavy atom. The van der Waals surface area contributed by atoms with E-state index in [-0.39, 0.29) is 29.1 Å². The maximum atomic E-state index is 12.4. The molecule has 1 saturated carbocycles. The van der Waals surface area contributed by atoms with Crippen molar-refractivity contribution in [3.8, 4) is 0 Å². The highest BCUT2D eigenvalue weighted by Crippen LogP contribution is 2.23. The lowest BCUT2D eigenvalue weighted by Crippen LogP contribution is -2.47. The smallest absolute Gasteiger partial charge is 0.251 e. The third-order valence-corrected chi connectivity index (χ3v) is 5.45. The summed E-state index contributed by atoms with van der Waals surface area (Å²) in [7, 11) is 0. The van der Waals surface area contributed by atoms with E-state index in [1.165, 1.54) is 6.42 Å². The fourth-order valence-corrected chi connectivity index (χ4v) is 3.50. The Morgan fingerprint density at radius 1 is 0.966 bits per heavy atom. The van der Waals surface area contributed by atoms with Crippen molar-refractivity contribution in [1.82, 2.24) is 16.0 Å². The molecule has 0 heterocycles. The fraction of sp³-hybridized carbons (Fsp3) is 0.609. The zero-order valence-electron chi connectivity index (χ0n) is 18.1. The summed E-state index contributed by atoms with van der Waals surface area (Å²) in [5.41, 5.74) is 1.70. The molecule has 1 aliphatic carbocycles. The quantitative estimate of drug-likeness (QED) is 0.614. The zero-order valence-corrected chi connectivity index (χ0v) is 18.1. The van der Waals surface area contributed by atoms with Gasteiger partial charge in [-0.1, -0.05) is 52.2 Å². The van der Waals surface area contributed by atoms with E-state index >= 15 is 0 Å². The van der Waals surface area contributed by atoms with Crippen molar-refractivity contribution in [2.75, 3.05) is 13.1 Å². The number of rotatable bonds is 7. The molecule has 6 nitrogen and oxygen atoms in total. The van der Waals surface area contributed by atoms with Crippen molar-refractivity contribution in [3.05, 3.63) is 35.4 Å². The molecule has 2 rings (SSSR count). The monoisotopic (exact) mass is 401 g/mol. The minimum Gasteiger partial charge on any atom is -0.354 e. The van der Waals surface area contributed by atoms with Gasteiger partial charge in [0.1, 0.15) is 6.04 Å². The Labute approximate surface area is 174 Å². The molecule has 0 spiro atoms. The first-order valence-electron chi connectivity index (χ1n) is 10.7. The van der Waals surface area contributed by atoms with Crippen LogP contribution in [-0.4, -0.2) is 36.9 Å². The van der Waals surface area contributed by atoms with Crippen LogP contribution in [-0.2, 0) is 15.0 Å². The van der Waals surface area contributed by atoms with Crippen LogP contribution in [0, 0.1) is 5.92 Å². The average molecular weight is 402 g/mol. The molecule has 0 bridgehead atoms. The number of amides is 3. The molecular weight excluding hydrogens is 366 g/mol. The summed E-state index contributed by atoms with van der Waals surface area (Å²) in [6.07, 6.45) is 5.36. The molecular formula is C23H35N3O3. The van der Waals surface area contributed by atoms with Gasteiger partial charge < -0.3 is 16.0 Å². The number of hydrogen-bond acceptors (Lipinski definition) is 3. The SMILES string of the molecule is CC(NC(=O)c1ccc(C(C)(C)C)cc1)C(=O)NCCNC(=O)C1CCCCC1. The summed E-state index contributed by atoms with van der Waals surface area (Å²) >= 11 is 0. The van der Waals surface area contributed by atoms with Gasteiger partial charge in [0.25, 0.3) is 5.91 Å². The second-order valence-corrected chi connectivity index (χ2v) is 8.94. The number of carbonyl (C=O) groups is 3. The van der Waals surface area contributed by atoms with E-state index in [0.717, 1.165) is 31.2 Å². The van der Waals surface area contributed by atoms with Gasteiger partial charge in [-0.15, -0.1) is 0 Å². The van der Waals surface area contributed by atoms with Crippen LogP contribution in [0.4, 0.5) is 0 Å². The minimum atomic E-state index is -0.654. The number of hydrogen-bond donors (Lipinski definition) is 3. The van der Waals surface area contributed by atoms with E-state index < -0.39 is 6.04 Å². The van der Waals surface area contributed by atoms with Crippen LogP contribution in [0.25, 0.3) is 0 Å². The summed E-state index contributed by atoms with van der Waals surface area (Å²) in [5, 5.41) is 8.37. The summed E-state index contributed by atoms with van der Waals surface area (Å²) in [5.74, 6) is -0.350. The van der Waals surface area contributed by atoms with Crippen LogP contribution >= 0.6 is 0 Å². The Morgan fingerprint density at radius 3 is 2.14 bits per heavy atom. The fourth-order valence-electron chi connectivity index (χ4n) is 3.50. The van der Waals surface area contributed by atoms with Crippen LogP contribution in [0.3, 0.4) is 0 Å². The summed E-state index contributed by atoms with van der Waals surface area (Å²) in [6.45, 7) is 8.75. The van der Waals surface area contributed by atoms with Crippen LogP contribution < -0.4 is 16.0 Å². The summed E-state index contributed by atoms with van der Waals surface area (Å²) < 4.78 is 0. The maximum Gasteiger partial charge on any atom is 0.251 e. The molecule has 6 heteroatoms. The van der Waals surface area contributed by atoms with Crippen molar-refractivity contribution in [3.63, 3.8) is 0 Å². The lowest BCUT2D eigenvalue weighted by atomic mass is 9.86. The van der Waals surface area contributed by atoms with Gasteiger partial charge in [0.15, 0.2) is 0 Å². The summed E-state index contributed by atoms with van der Waals surface area (Å²) in [6, 6.07) is 6.78. The van der Waals surface area contributed by atoms with Gasteiger partial charge in [-0.25, -0.2) is 0 Å². The van der Waals surface area contributed by atoms with E-state index in [9.17, 15) is 14.4 Å². The lowest BCUT2D eigenvalue weighted by molar-refractivity contribution is -0.126. The Balaban J connectivity index is 1.71. The molecule has 0 aromatic heterocycles. The lowest BCUT2D eigenvalue weighted by Gasteiger charge is -2.21. The highest BCUT2D eigenvalue weighted by molar-refractivity contribution is 5.97. The van der Waals surface area contributed by atoms with E-state index in [1.54, 1.807) is 19.1 Å². The largest absolute Gasteiger partial charge is 0.354 e. The van der Waals surface area contributed by atoms with Gasteiger partial charge in [0.2, 0.25) is 11.8 Å². The third-order valence-electron chi connectivity index (χ3n) is 5.45. The Hall–Kier alpha value is -2.37. The second-order valence-electron chi connectivity index (χ2n) is 8.94. The van der Waals surface area contributed by atoms with Gasteiger partial charge in [0, 0.05) is 24.6 Å². The van der Waals surface area contributed by atoms with Gasteiger partial charge in [0.05, 0.1) is 0 Å². The standard InChI is InChI=1S/C23H35N3O3/c1-16(26-22(29)18-10-12-19(13-11-18)23(2,3)4)20(27)24-14-15-25-21(28)17-8-6-5-7-9-17/h10-13,16-17H,5-9,14-15H2,1-4H3,(H,24,27)(H,25,28)(H,26,29). The molecule has 3 amide bonds. The van der Waals surface area contributed by atoms with Gasteiger partial charge in [-0.2, -0.15) is 0 Å². The molecule has 29 heavy (non-hydrogen) atoms. The molecule has 0 aliphatic heterocycles. The van der Waals surface area contributed by atoms with Crippen molar-refractivity contribution in [2.24, 2.45) is 5.92 Å². The van der Waals surface area contributed by atoms with Crippen LogP contribution in [0.2, 0.25) is 0 Å².